The third kappa shape index (κ3) is 9.72. The first kappa shape index (κ1) is 38.3. The molecule has 0 aromatic carbocycles. The summed E-state index contributed by atoms with van der Waals surface area (Å²) < 4.78 is 27.5. The Labute approximate surface area is 281 Å². The Balaban J connectivity index is 2.15. The highest BCUT2D eigenvalue weighted by Crippen LogP contribution is 2.31. The van der Waals surface area contributed by atoms with E-state index in [2.05, 4.69) is 10.4 Å². The molecule has 2 bridgehead atoms. The van der Waals surface area contributed by atoms with E-state index in [-0.39, 0.29) is 40.5 Å². The number of fused-ring (bicyclic) bond motifs is 2. The quantitative estimate of drug-likeness (QED) is 0.213. The fraction of sp³-hybridized carbons (Fsp3) is 0.559. The van der Waals surface area contributed by atoms with Crippen molar-refractivity contribution in [3.63, 3.8) is 0 Å². The molecule has 1 saturated heterocycles. The summed E-state index contributed by atoms with van der Waals surface area (Å²) in [5.74, 6) is -2.70. The van der Waals surface area contributed by atoms with Gasteiger partial charge in [0.15, 0.2) is 11.9 Å². The van der Waals surface area contributed by atoms with Gasteiger partial charge in [-0.25, -0.2) is 4.79 Å². The third-order valence-electron chi connectivity index (χ3n) is 8.48. The number of aliphatic hydroxyl groups excluding tert-OH is 1. The Kier molecular flexibility index (Phi) is 14.3. The number of carbonyl (C=O) groups excluding carboxylic acids is 4. The van der Waals surface area contributed by atoms with Crippen LogP contribution in [0.2, 0.25) is 0 Å². The van der Waals surface area contributed by atoms with Crippen molar-refractivity contribution in [2.45, 2.75) is 65.0 Å². The molecule has 1 fully saturated rings. The monoisotopic (exact) mass is 672 g/mol. The number of allylic oxidation sites excluding steroid dienone is 4. The minimum absolute atomic E-state index is 0.0933. The summed E-state index contributed by atoms with van der Waals surface area (Å²) >= 11 is 0. The molecule has 14 heteroatoms. The van der Waals surface area contributed by atoms with E-state index in [9.17, 15) is 24.3 Å². The zero-order valence-electron chi connectivity index (χ0n) is 28.7. The number of hydrazone groups is 1. The van der Waals surface area contributed by atoms with Gasteiger partial charge in [-0.05, 0) is 38.2 Å². The lowest BCUT2D eigenvalue weighted by Crippen LogP contribution is -2.38. The van der Waals surface area contributed by atoms with Crippen LogP contribution in [0, 0.1) is 11.8 Å². The molecule has 14 nitrogen and oxygen atoms in total. The molecule has 0 radical (unpaired) electrons. The molecule has 0 spiro atoms. The van der Waals surface area contributed by atoms with Gasteiger partial charge in [0, 0.05) is 31.3 Å². The molecule has 0 saturated carbocycles. The van der Waals surface area contributed by atoms with Crippen molar-refractivity contribution in [2.24, 2.45) is 22.7 Å². The Morgan fingerprint density at radius 3 is 2.40 bits per heavy atom. The molecular weight excluding hydrogens is 624 g/mol. The van der Waals surface area contributed by atoms with E-state index in [1.165, 1.54) is 40.5 Å². The van der Waals surface area contributed by atoms with Gasteiger partial charge in [-0.3, -0.25) is 19.4 Å². The Morgan fingerprint density at radius 1 is 1.10 bits per heavy atom. The molecule has 0 aromatic heterocycles. The Hall–Kier alpha value is -4.11. The SMILES string of the molecule is COC1=C2C[C@H](C)C[C@H](OC)[C@H](O)[C@H](C)/C=C(/C)[C@H](OC(N)=O)[C@H](OC)/C=C\C=C(\C)C(=O)NC(=C(/C=N/N3CCOCC3)C1=O)C2=O. The fourth-order valence-corrected chi connectivity index (χ4v) is 5.80. The van der Waals surface area contributed by atoms with Crippen LogP contribution < -0.4 is 11.1 Å². The number of methoxy groups -OCH3 is 3. The maximum absolute atomic E-state index is 14.1. The molecule has 0 aromatic rings. The predicted octanol–water partition coefficient (Wildman–Crippen LogP) is 2.10. The summed E-state index contributed by atoms with van der Waals surface area (Å²) in [5, 5.41) is 20.1. The highest BCUT2D eigenvalue weighted by Gasteiger charge is 2.38. The van der Waals surface area contributed by atoms with Crippen LogP contribution in [-0.2, 0) is 38.1 Å². The van der Waals surface area contributed by atoms with Gasteiger partial charge in [0.25, 0.3) is 5.91 Å². The number of nitrogens with two attached hydrogens (primary N) is 1. The van der Waals surface area contributed by atoms with Gasteiger partial charge < -0.3 is 39.8 Å². The first-order valence-electron chi connectivity index (χ1n) is 15.8. The van der Waals surface area contributed by atoms with Gasteiger partial charge in [0.1, 0.15) is 11.8 Å². The lowest BCUT2D eigenvalue weighted by molar-refractivity contribution is -0.121. The van der Waals surface area contributed by atoms with Gasteiger partial charge in [0.05, 0.1) is 57.4 Å². The fourth-order valence-electron chi connectivity index (χ4n) is 5.80. The van der Waals surface area contributed by atoms with Gasteiger partial charge in [-0.2, -0.15) is 5.10 Å². The third-order valence-corrected chi connectivity index (χ3v) is 8.48. The van der Waals surface area contributed by atoms with Crippen molar-refractivity contribution in [1.82, 2.24) is 10.3 Å². The van der Waals surface area contributed by atoms with E-state index in [1.54, 1.807) is 37.1 Å². The van der Waals surface area contributed by atoms with E-state index in [0.29, 0.717) is 38.3 Å². The molecular formula is C34H48N4O10. The topological polar surface area (TPSA) is 188 Å². The smallest absolute Gasteiger partial charge is 0.405 e. The van der Waals surface area contributed by atoms with Crippen molar-refractivity contribution in [3.05, 3.63) is 58.1 Å². The second-order valence-electron chi connectivity index (χ2n) is 12.1. The van der Waals surface area contributed by atoms with Crippen molar-refractivity contribution in [2.75, 3.05) is 47.6 Å². The van der Waals surface area contributed by atoms with Gasteiger partial charge >= 0.3 is 6.09 Å². The highest BCUT2D eigenvalue weighted by atomic mass is 16.6. The first-order chi connectivity index (χ1) is 22.8. The Bertz CT molecular complexity index is 1410. The van der Waals surface area contributed by atoms with E-state index in [1.807, 2.05) is 6.92 Å². The maximum Gasteiger partial charge on any atom is 0.405 e. The summed E-state index contributed by atoms with van der Waals surface area (Å²) in [6.45, 7) is 8.82. The number of ether oxygens (including phenoxy) is 5. The summed E-state index contributed by atoms with van der Waals surface area (Å²) in [7, 11) is 4.22. The standard InChI is InChI=1S/C34H48N4O10/c1-19-15-23-29(40)27(24(30(41)32(23)46-7)18-36-38-11-13-47-14-12-38)37-33(42)20(2)9-8-10-25(44-5)31(48-34(35)43)22(4)17-21(3)28(39)26(16-19)45-6/h8-10,17-19,21,25-26,28,31,39H,11-16H2,1-7H3,(H2,35,43)(H,37,42)/b10-8-,20-9-,22-17-,36-18+/t19-,21+,25+,26-,28+,31-/m0/s1. The zero-order valence-corrected chi connectivity index (χ0v) is 28.7. The molecule has 264 valence electrons. The maximum atomic E-state index is 14.1. The number of rotatable bonds is 6. The first-order valence-corrected chi connectivity index (χ1v) is 15.8. The van der Waals surface area contributed by atoms with Crippen molar-refractivity contribution in [3.8, 4) is 0 Å². The van der Waals surface area contributed by atoms with Crippen LogP contribution in [0.4, 0.5) is 4.79 Å². The average molecular weight is 673 g/mol. The number of ketones is 2. The molecule has 1 aliphatic carbocycles. The molecule has 0 unspecified atom stereocenters. The lowest BCUT2D eigenvalue weighted by Gasteiger charge is -2.30. The minimum Gasteiger partial charge on any atom is -0.492 e. The number of primary amides is 1. The molecule has 48 heavy (non-hydrogen) atoms. The van der Waals surface area contributed by atoms with E-state index < -0.39 is 53.9 Å². The number of aliphatic hydroxyl groups is 1. The molecule has 6 atom stereocenters. The number of morpholine rings is 1. The van der Waals surface area contributed by atoms with E-state index in [0.717, 1.165) is 0 Å². The van der Waals surface area contributed by atoms with Crippen molar-refractivity contribution in [1.29, 1.82) is 0 Å². The number of hydrogen-bond acceptors (Lipinski definition) is 12. The highest BCUT2D eigenvalue weighted by molar-refractivity contribution is 6.32. The van der Waals surface area contributed by atoms with E-state index >= 15 is 0 Å². The van der Waals surface area contributed by atoms with Gasteiger partial charge in [-0.1, -0.05) is 38.2 Å². The zero-order chi connectivity index (χ0) is 35.5. The largest absolute Gasteiger partial charge is 0.492 e. The van der Waals surface area contributed by atoms with Crippen LogP contribution in [0.15, 0.2) is 63.2 Å². The second kappa shape index (κ2) is 17.9. The number of carbonyl (C=O) groups is 4. The summed E-state index contributed by atoms with van der Waals surface area (Å²) in [6.07, 6.45) is 3.60. The minimum atomic E-state index is -1.01. The molecule has 2 aliphatic heterocycles. The van der Waals surface area contributed by atoms with Crippen LogP contribution in [-0.4, -0.2) is 112 Å². The number of nitrogens with one attached hydrogen (secondary N) is 1. The molecule has 3 aliphatic rings. The van der Waals surface area contributed by atoms with Gasteiger partial charge in [0.2, 0.25) is 11.6 Å². The van der Waals surface area contributed by atoms with Crippen LogP contribution in [0.25, 0.3) is 0 Å². The van der Waals surface area contributed by atoms with Crippen LogP contribution in [0.3, 0.4) is 0 Å². The Morgan fingerprint density at radius 2 is 1.79 bits per heavy atom. The van der Waals surface area contributed by atoms with Crippen molar-refractivity contribution >= 4 is 29.8 Å². The normalized spacial score (nSPS) is 31.6. The van der Waals surface area contributed by atoms with Crippen LogP contribution in [0.5, 0.6) is 0 Å². The number of nitrogens with zero attached hydrogens (tertiary/aromatic N) is 2. The van der Waals surface area contributed by atoms with Crippen molar-refractivity contribution < 1.29 is 48.0 Å². The predicted molar refractivity (Wildman–Crippen MR) is 176 cm³/mol. The number of Topliss-reactive ketones (excluding diaryl/α,β-unsaturated/α-hetero) is 2. The molecule has 4 N–H and O–H groups in total. The van der Waals surface area contributed by atoms with E-state index in [4.69, 9.17) is 29.4 Å². The summed E-state index contributed by atoms with van der Waals surface area (Å²) in [5.41, 5.74) is 5.91. The second-order valence-corrected chi connectivity index (χ2v) is 12.1. The number of hydrogen-bond donors (Lipinski definition) is 3. The molecule has 2 heterocycles. The van der Waals surface area contributed by atoms with Crippen LogP contribution in [0.1, 0.15) is 40.5 Å². The van der Waals surface area contributed by atoms with Crippen LogP contribution >= 0.6 is 0 Å². The number of amides is 2. The lowest BCUT2D eigenvalue weighted by atomic mass is 9.84. The molecule has 2 amide bonds. The summed E-state index contributed by atoms with van der Waals surface area (Å²) in [4.78, 5) is 53.2. The van der Waals surface area contributed by atoms with Gasteiger partial charge in [-0.15, -0.1) is 0 Å². The molecule has 3 rings (SSSR count). The average Bonchev–Trinajstić information content (AvgIpc) is 3.06. The summed E-state index contributed by atoms with van der Waals surface area (Å²) in [6, 6.07) is 0.